The summed E-state index contributed by atoms with van der Waals surface area (Å²) in [7, 11) is 0. The molecule has 1 fully saturated rings. The fraction of sp³-hybridized carbons (Fsp3) is 0.529. The van der Waals surface area contributed by atoms with Crippen molar-refractivity contribution in [3.63, 3.8) is 0 Å². The highest BCUT2D eigenvalue weighted by atomic mass is 16.2. The van der Waals surface area contributed by atoms with Gasteiger partial charge in [-0.2, -0.15) is 0 Å². The molecule has 22 heavy (non-hydrogen) atoms. The van der Waals surface area contributed by atoms with E-state index in [1.54, 1.807) is 0 Å². The molecular weight excluding hydrogens is 278 g/mol. The number of carbonyl (C=O) groups is 2. The third-order valence-electron chi connectivity index (χ3n) is 4.57. The maximum Gasteiger partial charge on any atom is 0.315 e. The smallest absolute Gasteiger partial charge is 0.315 e. The molecule has 0 unspecified atom stereocenters. The summed E-state index contributed by atoms with van der Waals surface area (Å²) in [5.74, 6) is -0.0175. The van der Waals surface area contributed by atoms with E-state index in [1.165, 1.54) is 24.0 Å². The van der Waals surface area contributed by atoms with Crippen LogP contribution in [-0.2, 0) is 17.8 Å². The van der Waals surface area contributed by atoms with Gasteiger partial charge in [0.15, 0.2) is 0 Å². The van der Waals surface area contributed by atoms with Crippen LogP contribution in [0.1, 0.15) is 36.8 Å². The molecule has 1 aliphatic carbocycles. The van der Waals surface area contributed by atoms with E-state index < -0.39 is 0 Å². The Labute approximate surface area is 131 Å². The van der Waals surface area contributed by atoms with Crippen LogP contribution in [0, 0.1) is 0 Å². The molecule has 0 radical (unpaired) electrons. The van der Waals surface area contributed by atoms with Crippen molar-refractivity contribution in [2.24, 2.45) is 0 Å². The van der Waals surface area contributed by atoms with Crippen molar-refractivity contribution in [1.29, 1.82) is 0 Å². The number of carbonyl (C=O) groups excluding carboxylic acids is 2. The zero-order chi connectivity index (χ0) is 15.4. The summed E-state index contributed by atoms with van der Waals surface area (Å²) in [6.45, 7) is 1.43. The van der Waals surface area contributed by atoms with Crippen LogP contribution in [0.15, 0.2) is 24.3 Å². The van der Waals surface area contributed by atoms with Crippen LogP contribution in [-0.4, -0.2) is 36.0 Å². The fourth-order valence-corrected chi connectivity index (χ4v) is 3.28. The van der Waals surface area contributed by atoms with E-state index in [0.29, 0.717) is 6.54 Å². The molecule has 0 saturated heterocycles. The van der Waals surface area contributed by atoms with Crippen molar-refractivity contribution in [2.75, 3.05) is 13.1 Å². The van der Waals surface area contributed by atoms with Gasteiger partial charge in [-0.3, -0.25) is 4.79 Å². The van der Waals surface area contributed by atoms with Gasteiger partial charge in [-0.25, -0.2) is 4.79 Å². The van der Waals surface area contributed by atoms with Crippen LogP contribution in [0.25, 0.3) is 0 Å². The lowest BCUT2D eigenvalue weighted by molar-refractivity contribution is -0.131. The van der Waals surface area contributed by atoms with Crippen molar-refractivity contribution in [3.8, 4) is 0 Å². The first kappa shape index (κ1) is 14.9. The van der Waals surface area contributed by atoms with Crippen LogP contribution >= 0.6 is 0 Å². The van der Waals surface area contributed by atoms with Gasteiger partial charge in [-0.05, 0) is 30.4 Å². The summed E-state index contributed by atoms with van der Waals surface area (Å²) in [6, 6.07) is 8.26. The van der Waals surface area contributed by atoms with Gasteiger partial charge in [0.1, 0.15) is 0 Å². The zero-order valence-electron chi connectivity index (χ0n) is 12.8. The number of benzene rings is 1. The standard InChI is InChI=1S/C17H23N3O2/c21-16(11-18-17(22)19-15-7-3-4-8-15)20-10-9-13-5-1-2-6-14(13)12-20/h1-2,5-6,15H,3-4,7-12H2,(H2,18,19,22). The summed E-state index contributed by atoms with van der Waals surface area (Å²) in [4.78, 5) is 25.8. The molecule has 3 rings (SSSR count). The first-order chi connectivity index (χ1) is 10.7. The third-order valence-corrected chi connectivity index (χ3v) is 4.57. The monoisotopic (exact) mass is 301 g/mol. The van der Waals surface area contributed by atoms with Gasteiger partial charge in [0.2, 0.25) is 5.91 Å². The predicted molar refractivity (Wildman–Crippen MR) is 84.4 cm³/mol. The van der Waals surface area contributed by atoms with E-state index in [9.17, 15) is 9.59 Å². The molecule has 1 aromatic rings. The molecule has 118 valence electrons. The lowest BCUT2D eigenvalue weighted by Gasteiger charge is -2.29. The number of hydrogen-bond acceptors (Lipinski definition) is 2. The van der Waals surface area contributed by atoms with Crippen LogP contribution in [0.3, 0.4) is 0 Å². The average Bonchev–Trinajstić information content (AvgIpc) is 3.05. The number of amides is 3. The Hall–Kier alpha value is -2.04. The third kappa shape index (κ3) is 3.59. The lowest BCUT2D eigenvalue weighted by atomic mass is 10.00. The number of nitrogens with zero attached hydrogens (tertiary/aromatic N) is 1. The normalized spacial score (nSPS) is 17.9. The van der Waals surface area contributed by atoms with E-state index in [-0.39, 0.29) is 24.5 Å². The summed E-state index contributed by atoms with van der Waals surface area (Å²) in [6.07, 6.45) is 5.33. The first-order valence-corrected chi connectivity index (χ1v) is 8.11. The van der Waals surface area contributed by atoms with E-state index in [2.05, 4.69) is 22.8 Å². The maximum absolute atomic E-state index is 12.2. The van der Waals surface area contributed by atoms with Crippen molar-refractivity contribution in [3.05, 3.63) is 35.4 Å². The minimum absolute atomic E-state index is 0.0175. The van der Waals surface area contributed by atoms with E-state index >= 15 is 0 Å². The molecule has 0 bridgehead atoms. The highest BCUT2D eigenvalue weighted by molar-refractivity contribution is 5.84. The molecule has 2 aliphatic rings. The van der Waals surface area contributed by atoms with E-state index in [1.807, 2.05) is 17.0 Å². The van der Waals surface area contributed by atoms with Gasteiger partial charge in [-0.1, -0.05) is 37.1 Å². The quantitative estimate of drug-likeness (QED) is 0.894. The largest absolute Gasteiger partial charge is 0.336 e. The highest BCUT2D eigenvalue weighted by Crippen LogP contribution is 2.18. The Bertz CT molecular complexity index is 553. The predicted octanol–water partition coefficient (Wildman–Crippen LogP) is 1.81. The number of rotatable bonds is 3. The van der Waals surface area contributed by atoms with Crippen molar-refractivity contribution >= 4 is 11.9 Å². The van der Waals surface area contributed by atoms with Crippen molar-refractivity contribution in [1.82, 2.24) is 15.5 Å². The minimum atomic E-state index is -0.224. The molecule has 1 heterocycles. The van der Waals surface area contributed by atoms with Gasteiger partial charge >= 0.3 is 6.03 Å². The SMILES string of the molecule is O=C(NCC(=O)N1CCc2ccccc2C1)NC1CCCC1. The topological polar surface area (TPSA) is 61.4 Å². The summed E-state index contributed by atoms with van der Waals surface area (Å²) in [5.41, 5.74) is 2.52. The van der Waals surface area contributed by atoms with Crippen molar-refractivity contribution in [2.45, 2.75) is 44.7 Å². The molecule has 5 heteroatoms. The number of fused-ring (bicyclic) bond motifs is 1. The Morgan fingerprint density at radius 3 is 2.64 bits per heavy atom. The molecule has 0 aromatic heterocycles. The Morgan fingerprint density at radius 1 is 1.14 bits per heavy atom. The fourth-order valence-electron chi connectivity index (χ4n) is 3.28. The highest BCUT2D eigenvalue weighted by Gasteiger charge is 2.21. The summed E-state index contributed by atoms with van der Waals surface area (Å²) in [5, 5.41) is 5.62. The van der Waals surface area contributed by atoms with Crippen LogP contribution < -0.4 is 10.6 Å². The summed E-state index contributed by atoms with van der Waals surface area (Å²) >= 11 is 0. The zero-order valence-corrected chi connectivity index (χ0v) is 12.8. The second-order valence-electron chi connectivity index (χ2n) is 6.14. The maximum atomic E-state index is 12.2. The van der Waals surface area contributed by atoms with Gasteiger partial charge in [0.25, 0.3) is 0 Å². The number of urea groups is 1. The van der Waals surface area contributed by atoms with Gasteiger partial charge in [-0.15, -0.1) is 0 Å². The van der Waals surface area contributed by atoms with Crippen molar-refractivity contribution < 1.29 is 9.59 Å². The Balaban J connectivity index is 1.45. The van der Waals surface area contributed by atoms with E-state index in [0.717, 1.165) is 25.8 Å². The summed E-state index contributed by atoms with van der Waals surface area (Å²) < 4.78 is 0. The van der Waals surface area contributed by atoms with Crippen LogP contribution in [0.4, 0.5) is 4.79 Å². The Kier molecular flexibility index (Phi) is 4.61. The van der Waals surface area contributed by atoms with Crippen LogP contribution in [0.2, 0.25) is 0 Å². The van der Waals surface area contributed by atoms with E-state index in [4.69, 9.17) is 0 Å². The lowest BCUT2D eigenvalue weighted by Crippen LogP contribution is -2.47. The van der Waals surface area contributed by atoms with Crippen LogP contribution in [0.5, 0.6) is 0 Å². The molecule has 0 atom stereocenters. The van der Waals surface area contributed by atoms with Gasteiger partial charge < -0.3 is 15.5 Å². The molecule has 1 aromatic carbocycles. The first-order valence-electron chi connectivity index (χ1n) is 8.11. The molecule has 0 spiro atoms. The molecule has 1 saturated carbocycles. The molecule has 1 aliphatic heterocycles. The van der Waals surface area contributed by atoms with Gasteiger partial charge in [0, 0.05) is 19.1 Å². The minimum Gasteiger partial charge on any atom is -0.336 e. The number of hydrogen-bond donors (Lipinski definition) is 2. The average molecular weight is 301 g/mol. The number of nitrogens with one attached hydrogen (secondary N) is 2. The molecular formula is C17H23N3O2. The molecule has 5 nitrogen and oxygen atoms in total. The second-order valence-corrected chi connectivity index (χ2v) is 6.14. The molecule has 2 N–H and O–H groups in total. The molecule has 3 amide bonds. The van der Waals surface area contributed by atoms with Gasteiger partial charge in [0.05, 0.1) is 6.54 Å². The second kappa shape index (κ2) is 6.81. The Morgan fingerprint density at radius 2 is 1.86 bits per heavy atom.